The van der Waals surface area contributed by atoms with E-state index in [9.17, 15) is 4.79 Å². The van der Waals surface area contributed by atoms with Crippen LogP contribution in [-0.4, -0.2) is 76.4 Å². The number of aryl methyl sites for hydroxylation is 1. The third kappa shape index (κ3) is 4.47. The lowest BCUT2D eigenvalue weighted by Crippen LogP contribution is -2.45. The number of hydrogen-bond acceptors (Lipinski definition) is 4. The number of nitrogens with one attached hydrogen (secondary N) is 1. The van der Waals surface area contributed by atoms with Crippen LogP contribution in [0.5, 0.6) is 0 Å². The van der Waals surface area contributed by atoms with Gasteiger partial charge in [-0.05, 0) is 51.2 Å². The number of benzene rings is 1. The van der Waals surface area contributed by atoms with Gasteiger partial charge >= 0.3 is 0 Å². The first-order valence-electron chi connectivity index (χ1n) is 10.6. The van der Waals surface area contributed by atoms with Crippen LogP contribution < -0.4 is 5.32 Å². The van der Waals surface area contributed by atoms with E-state index in [2.05, 4.69) is 27.3 Å². The summed E-state index contributed by atoms with van der Waals surface area (Å²) in [4.78, 5) is 17.9. The van der Waals surface area contributed by atoms with Crippen molar-refractivity contribution in [2.24, 2.45) is 0 Å². The third-order valence-corrected chi connectivity index (χ3v) is 5.65. The summed E-state index contributed by atoms with van der Waals surface area (Å²) in [5.41, 5.74) is 2.27. The van der Waals surface area contributed by atoms with E-state index in [1.54, 1.807) is 0 Å². The minimum Gasteiger partial charge on any atom is -0.352 e. The zero-order chi connectivity index (χ0) is 20.9. The second-order valence-electron chi connectivity index (χ2n) is 7.88. The molecule has 2 aromatic heterocycles. The molecule has 7 heteroatoms. The number of carbonyl (C=O) groups is 1. The van der Waals surface area contributed by atoms with Crippen LogP contribution in [0.3, 0.4) is 0 Å². The Morgan fingerprint density at radius 1 is 1.03 bits per heavy atom. The Morgan fingerprint density at radius 3 is 2.43 bits per heavy atom. The van der Waals surface area contributed by atoms with Crippen LogP contribution in [0, 0.1) is 6.92 Å². The van der Waals surface area contributed by atoms with E-state index in [4.69, 9.17) is 0 Å². The molecule has 1 fully saturated rings. The van der Waals surface area contributed by atoms with Crippen molar-refractivity contribution in [3.63, 3.8) is 0 Å². The normalized spacial score (nSPS) is 15.4. The molecule has 4 rings (SSSR count). The highest BCUT2D eigenvalue weighted by Gasteiger charge is 2.23. The van der Waals surface area contributed by atoms with Crippen molar-refractivity contribution in [2.45, 2.75) is 13.3 Å². The van der Waals surface area contributed by atoms with Gasteiger partial charge in [-0.3, -0.25) is 4.79 Å². The standard InChI is InChI=1S/C23H30N6O/c1-19-21(22(30)24-11-8-12-27-17-15-26(2)16-18-27)23(28-13-6-7-14-28)29(25-19)20-9-4-3-5-10-20/h3-7,9-10,13-14H,8,11-12,15-18H2,1-2H3,(H,24,30). The van der Waals surface area contributed by atoms with Gasteiger partial charge in [0.15, 0.2) is 5.82 Å². The first-order chi connectivity index (χ1) is 14.6. The molecule has 1 aliphatic heterocycles. The van der Waals surface area contributed by atoms with Gasteiger partial charge in [-0.2, -0.15) is 5.10 Å². The Balaban J connectivity index is 1.48. The summed E-state index contributed by atoms with van der Waals surface area (Å²) in [6, 6.07) is 13.8. The van der Waals surface area contributed by atoms with Crippen LogP contribution in [0.4, 0.5) is 0 Å². The van der Waals surface area contributed by atoms with Crippen molar-refractivity contribution in [2.75, 3.05) is 46.3 Å². The number of nitrogens with zero attached hydrogens (tertiary/aromatic N) is 5. The summed E-state index contributed by atoms with van der Waals surface area (Å²) >= 11 is 0. The van der Waals surface area contributed by atoms with E-state index < -0.39 is 0 Å². The maximum absolute atomic E-state index is 13.1. The smallest absolute Gasteiger partial charge is 0.256 e. The minimum absolute atomic E-state index is 0.0724. The largest absolute Gasteiger partial charge is 0.352 e. The van der Waals surface area contributed by atoms with Gasteiger partial charge < -0.3 is 19.7 Å². The number of amides is 1. The molecule has 158 valence electrons. The van der Waals surface area contributed by atoms with Crippen molar-refractivity contribution in [3.8, 4) is 11.5 Å². The van der Waals surface area contributed by atoms with E-state index >= 15 is 0 Å². The minimum atomic E-state index is -0.0724. The summed E-state index contributed by atoms with van der Waals surface area (Å²) in [6.45, 7) is 8.00. The van der Waals surface area contributed by atoms with Gasteiger partial charge in [-0.25, -0.2) is 4.68 Å². The Morgan fingerprint density at radius 2 is 1.73 bits per heavy atom. The average Bonchev–Trinajstić information content (AvgIpc) is 3.40. The van der Waals surface area contributed by atoms with Crippen molar-refractivity contribution in [3.05, 3.63) is 66.1 Å². The van der Waals surface area contributed by atoms with Crippen molar-refractivity contribution < 1.29 is 4.79 Å². The fourth-order valence-electron chi connectivity index (χ4n) is 3.91. The number of piperazine rings is 1. The molecule has 1 aliphatic rings. The maximum Gasteiger partial charge on any atom is 0.256 e. The Bertz CT molecular complexity index is 955. The van der Waals surface area contributed by atoms with E-state index in [1.165, 1.54) is 0 Å². The van der Waals surface area contributed by atoms with Crippen LogP contribution in [0.1, 0.15) is 22.5 Å². The number of aromatic nitrogens is 3. The predicted molar refractivity (Wildman–Crippen MR) is 119 cm³/mol. The lowest BCUT2D eigenvalue weighted by molar-refractivity contribution is 0.0949. The molecule has 3 aromatic rings. The molecule has 30 heavy (non-hydrogen) atoms. The van der Waals surface area contributed by atoms with Crippen LogP contribution in [0.15, 0.2) is 54.9 Å². The lowest BCUT2D eigenvalue weighted by atomic mass is 10.2. The molecule has 0 atom stereocenters. The number of rotatable bonds is 7. The number of para-hydroxylation sites is 1. The van der Waals surface area contributed by atoms with Crippen LogP contribution >= 0.6 is 0 Å². The fourth-order valence-corrected chi connectivity index (χ4v) is 3.91. The van der Waals surface area contributed by atoms with Crippen LogP contribution in [-0.2, 0) is 0 Å². The van der Waals surface area contributed by atoms with Crippen LogP contribution in [0.2, 0.25) is 0 Å². The summed E-state index contributed by atoms with van der Waals surface area (Å²) in [7, 11) is 2.16. The molecular weight excluding hydrogens is 376 g/mol. The molecule has 1 aromatic carbocycles. The maximum atomic E-state index is 13.1. The molecule has 7 nitrogen and oxygen atoms in total. The van der Waals surface area contributed by atoms with Crippen molar-refractivity contribution >= 4 is 5.91 Å². The molecule has 1 saturated heterocycles. The third-order valence-electron chi connectivity index (χ3n) is 5.65. The molecule has 0 unspecified atom stereocenters. The highest BCUT2D eigenvalue weighted by Crippen LogP contribution is 2.23. The van der Waals surface area contributed by atoms with Crippen molar-refractivity contribution in [1.29, 1.82) is 0 Å². The zero-order valence-electron chi connectivity index (χ0n) is 17.8. The molecule has 0 saturated carbocycles. The van der Waals surface area contributed by atoms with Crippen molar-refractivity contribution in [1.82, 2.24) is 29.5 Å². The van der Waals surface area contributed by atoms with E-state index in [1.807, 2.05) is 71.0 Å². The number of likely N-dealkylation sites (N-methyl/N-ethyl adjacent to an activating group) is 1. The summed E-state index contributed by atoms with van der Waals surface area (Å²) in [5.74, 6) is 0.692. The molecular formula is C23H30N6O. The monoisotopic (exact) mass is 406 g/mol. The molecule has 0 aliphatic carbocycles. The zero-order valence-corrected chi connectivity index (χ0v) is 17.8. The van der Waals surface area contributed by atoms with Gasteiger partial charge in [-0.1, -0.05) is 18.2 Å². The summed E-state index contributed by atoms with van der Waals surface area (Å²) in [5, 5.41) is 7.80. The average molecular weight is 407 g/mol. The van der Waals surface area contributed by atoms with Gasteiger partial charge in [0.1, 0.15) is 5.56 Å². The summed E-state index contributed by atoms with van der Waals surface area (Å²) < 4.78 is 3.79. The quantitative estimate of drug-likeness (QED) is 0.612. The highest BCUT2D eigenvalue weighted by atomic mass is 16.1. The SMILES string of the molecule is Cc1nn(-c2ccccc2)c(-n2cccc2)c1C(=O)NCCCN1CCN(C)CC1. The molecule has 1 N–H and O–H groups in total. The van der Waals surface area contributed by atoms with Gasteiger partial charge in [0.05, 0.1) is 11.4 Å². The fraction of sp³-hybridized carbons (Fsp3) is 0.391. The first kappa shape index (κ1) is 20.4. The molecule has 0 bridgehead atoms. The highest BCUT2D eigenvalue weighted by molar-refractivity contribution is 5.98. The van der Waals surface area contributed by atoms with Gasteiger partial charge in [0.25, 0.3) is 5.91 Å². The Labute approximate surface area is 177 Å². The Hall–Kier alpha value is -2.90. The van der Waals surface area contributed by atoms with E-state index in [-0.39, 0.29) is 5.91 Å². The van der Waals surface area contributed by atoms with Gasteiger partial charge in [-0.15, -0.1) is 0 Å². The molecule has 1 amide bonds. The van der Waals surface area contributed by atoms with Gasteiger partial charge in [0.2, 0.25) is 0 Å². The Kier molecular flexibility index (Phi) is 6.30. The predicted octanol–water partition coefficient (Wildman–Crippen LogP) is 2.34. The molecule has 0 radical (unpaired) electrons. The first-order valence-corrected chi connectivity index (χ1v) is 10.6. The lowest BCUT2D eigenvalue weighted by Gasteiger charge is -2.32. The number of carbonyl (C=O) groups excluding carboxylic acids is 1. The second kappa shape index (κ2) is 9.28. The summed E-state index contributed by atoms with van der Waals surface area (Å²) in [6.07, 6.45) is 4.83. The number of hydrogen-bond donors (Lipinski definition) is 1. The second-order valence-corrected chi connectivity index (χ2v) is 7.88. The topological polar surface area (TPSA) is 58.3 Å². The molecule has 0 spiro atoms. The van der Waals surface area contributed by atoms with Gasteiger partial charge in [0, 0.05) is 45.1 Å². The van der Waals surface area contributed by atoms with E-state index in [0.717, 1.165) is 56.3 Å². The van der Waals surface area contributed by atoms with E-state index in [0.29, 0.717) is 12.1 Å². The molecule has 3 heterocycles. The van der Waals surface area contributed by atoms with Crippen LogP contribution in [0.25, 0.3) is 11.5 Å².